The molecular weight excluding hydrogens is 432 g/mol. The Morgan fingerprint density at radius 2 is 1.59 bits per heavy atom. The van der Waals surface area contributed by atoms with Crippen LogP contribution in [0.25, 0.3) is 0 Å². The first-order valence-corrected chi connectivity index (χ1v) is 11.9. The van der Waals surface area contributed by atoms with E-state index in [1.54, 1.807) is 24.3 Å². The van der Waals surface area contributed by atoms with E-state index in [4.69, 9.17) is 9.47 Å². The average Bonchev–Trinajstić information content (AvgIpc) is 2.80. The Hall–Kier alpha value is -2.62. The van der Waals surface area contributed by atoms with E-state index in [9.17, 15) is 18.4 Å². The summed E-state index contributed by atoms with van der Waals surface area (Å²) < 4.78 is 35.8. The number of carbonyl (C=O) groups excluding carboxylic acids is 1. The number of sulfone groups is 1. The summed E-state index contributed by atoms with van der Waals surface area (Å²) >= 11 is 0. The SMILES string of the molecule is CCN(CC)C(C)Oc1ccc(CC(C)(C(=O)NO)S(=O)(=O)c2ccc(OC)cc2)cc1. The molecule has 0 radical (unpaired) electrons. The first-order valence-electron chi connectivity index (χ1n) is 10.5. The summed E-state index contributed by atoms with van der Waals surface area (Å²) in [7, 11) is -2.67. The second-order valence-electron chi connectivity index (χ2n) is 7.61. The number of methoxy groups -OCH3 is 1. The van der Waals surface area contributed by atoms with E-state index >= 15 is 0 Å². The van der Waals surface area contributed by atoms with E-state index < -0.39 is 20.5 Å². The third-order valence-electron chi connectivity index (χ3n) is 5.64. The minimum Gasteiger partial charge on any atom is -0.497 e. The van der Waals surface area contributed by atoms with Gasteiger partial charge in [0.25, 0.3) is 5.91 Å². The Morgan fingerprint density at radius 3 is 2.06 bits per heavy atom. The van der Waals surface area contributed by atoms with Gasteiger partial charge in [0.05, 0.1) is 12.0 Å². The second-order valence-corrected chi connectivity index (χ2v) is 9.99. The normalized spacial score (nSPS) is 14.5. The molecule has 1 amide bonds. The molecule has 0 heterocycles. The molecule has 2 unspecified atom stereocenters. The standard InChI is InChI=1S/C23H32N2O6S/c1-6-25(7-2)17(3)31-20-10-8-18(9-11-20)16-23(4,22(26)24-27)32(28,29)21-14-12-19(30-5)13-15-21/h8-15,17,27H,6-7,16H2,1-5H3,(H,24,26). The van der Waals surface area contributed by atoms with Crippen LogP contribution >= 0.6 is 0 Å². The Morgan fingerprint density at radius 1 is 1.06 bits per heavy atom. The molecule has 2 atom stereocenters. The van der Waals surface area contributed by atoms with Crippen LogP contribution in [0.4, 0.5) is 0 Å². The van der Waals surface area contributed by atoms with Gasteiger partial charge in [-0.3, -0.25) is 14.9 Å². The van der Waals surface area contributed by atoms with Crippen molar-refractivity contribution in [2.75, 3.05) is 20.2 Å². The Bertz CT molecular complexity index is 988. The van der Waals surface area contributed by atoms with Gasteiger partial charge in [-0.15, -0.1) is 0 Å². The van der Waals surface area contributed by atoms with Crippen LogP contribution in [0.1, 0.15) is 33.3 Å². The van der Waals surface area contributed by atoms with Gasteiger partial charge in [-0.1, -0.05) is 26.0 Å². The molecule has 0 spiro atoms. The largest absolute Gasteiger partial charge is 0.497 e. The minimum atomic E-state index is -4.15. The summed E-state index contributed by atoms with van der Waals surface area (Å²) in [4.78, 5) is 14.6. The van der Waals surface area contributed by atoms with Gasteiger partial charge in [-0.2, -0.15) is 0 Å². The van der Waals surface area contributed by atoms with Gasteiger partial charge in [0.2, 0.25) is 0 Å². The highest BCUT2D eigenvalue weighted by Gasteiger charge is 2.47. The van der Waals surface area contributed by atoms with Crippen LogP contribution in [0.15, 0.2) is 53.4 Å². The summed E-state index contributed by atoms with van der Waals surface area (Å²) in [6.07, 6.45) is -0.253. The number of carbonyl (C=O) groups is 1. The van der Waals surface area contributed by atoms with Crippen LogP contribution in [-0.4, -0.2) is 55.6 Å². The minimum absolute atomic E-state index is 0.0441. The molecule has 2 aromatic rings. The maximum absolute atomic E-state index is 13.4. The molecule has 0 fully saturated rings. The van der Waals surface area contributed by atoms with Gasteiger partial charge in [-0.25, -0.2) is 13.9 Å². The molecule has 0 aliphatic heterocycles. The van der Waals surface area contributed by atoms with Crippen LogP contribution in [0, 0.1) is 0 Å². The van der Waals surface area contributed by atoms with Gasteiger partial charge < -0.3 is 9.47 Å². The highest BCUT2D eigenvalue weighted by molar-refractivity contribution is 7.93. The van der Waals surface area contributed by atoms with Crippen molar-refractivity contribution in [2.24, 2.45) is 0 Å². The molecule has 0 aliphatic rings. The molecule has 2 aromatic carbocycles. The zero-order chi connectivity index (χ0) is 23.9. The zero-order valence-electron chi connectivity index (χ0n) is 19.2. The number of hydrogen-bond acceptors (Lipinski definition) is 7. The fourth-order valence-corrected chi connectivity index (χ4v) is 5.18. The topological polar surface area (TPSA) is 105 Å². The summed E-state index contributed by atoms with van der Waals surface area (Å²) in [6.45, 7) is 9.09. The summed E-state index contributed by atoms with van der Waals surface area (Å²) in [5, 5.41) is 9.27. The number of ether oxygens (including phenoxy) is 2. The molecule has 2 N–H and O–H groups in total. The van der Waals surface area contributed by atoms with Crippen LogP contribution in [0.3, 0.4) is 0 Å². The number of rotatable bonds is 11. The molecule has 176 valence electrons. The molecule has 2 rings (SSSR count). The first kappa shape index (κ1) is 25.6. The van der Waals surface area contributed by atoms with Gasteiger partial charge in [0, 0.05) is 6.42 Å². The third kappa shape index (κ3) is 5.40. The lowest BCUT2D eigenvalue weighted by molar-refractivity contribution is -0.131. The quantitative estimate of drug-likeness (QED) is 0.299. The van der Waals surface area contributed by atoms with Gasteiger partial charge in [-0.05, 0) is 68.9 Å². The average molecular weight is 465 g/mol. The number of hydrogen-bond donors (Lipinski definition) is 2. The summed E-state index contributed by atoms with van der Waals surface area (Å²) in [6, 6.07) is 12.7. The van der Waals surface area contributed by atoms with Crippen molar-refractivity contribution < 1.29 is 27.9 Å². The van der Waals surface area contributed by atoms with E-state index in [0.29, 0.717) is 17.1 Å². The van der Waals surface area contributed by atoms with Crippen LogP contribution < -0.4 is 15.0 Å². The molecule has 0 bridgehead atoms. The van der Waals surface area contributed by atoms with Crippen LogP contribution in [0.5, 0.6) is 11.5 Å². The predicted molar refractivity (Wildman–Crippen MR) is 122 cm³/mol. The number of nitrogens with one attached hydrogen (secondary N) is 1. The predicted octanol–water partition coefficient (Wildman–Crippen LogP) is 3.04. The van der Waals surface area contributed by atoms with Crippen molar-refractivity contribution in [3.05, 3.63) is 54.1 Å². The summed E-state index contributed by atoms with van der Waals surface area (Å²) in [5.41, 5.74) is 2.12. The molecule has 32 heavy (non-hydrogen) atoms. The Labute approximate surface area is 190 Å². The smallest absolute Gasteiger partial charge is 0.265 e. The highest BCUT2D eigenvalue weighted by Crippen LogP contribution is 2.31. The second kappa shape index (κ2) is 10.8. The van der Waals surface area contributed by atoms with E-state index in [2.05, 4.69) is 18.7 Å². The lowest BCUT2D eigenvalue weighted by atomic mass is 9.99. The van der Waals surface area contributed by atoms with Crippen molar-refractivity contribution in [3.8, 4) is 11.5 Å². The molecule has 0 aromatic heterocycles. The van der Waals surface area contributed by atoms with Crippen molar-refractivity contribution in [2.45, 2.75) is 50.0 Å². The molecule has 0 aliphatic carbocycles. The number of benzene rings is 2. The molecule has 0 saturated heterocycles. The molecular formula is C23H32N2O6S. The fourth-order valence-electron chi connectivity index (χ4n) is 3.52. The van der Waals surface area contributed by atoms with E-state index in [0.717, 1.165) is 13.1 Å². The van der Waals surface area contributed by atoms with Gasteiger partial charge >= 0.3 is 0 Å². The lowest BCUT2D eigenvalue weighted by Crippen LogP contribution is -2.51. The number of hydroxylamine groups is 1. The zero-order valence-corrected chi connectivity index (χ0v) is 20.0. The Balaban J connectivity index is 2.31. The first-order chi connectivity index (χ1) is 15.1. The van der Waals surface area contributed by atoms with Gasteiger partial charge in [0.15, 0.2) is 14.6 Å². The van der Waals surface area contributed by atoms with Crippen LogP contribution in [0.2, 0.25) is 0 Å². The van der Waals surface area contributed by atoms with E-state index in [1.165, 1.54) is 43.8 Å². The van der Waals surface area contributed by atoms with Crippen molar-refractivity contribution in [3.63, 3.8) is 0 Å². The van der Waals surface area contributed by atoms with Crippen molar-refractivity contribution in [1.29, 1.82) is 0 Å². The number of nitrogens with zero attached hydrogens (tertiary/aromatic N) is 1. The van der Waals surface area contributed by atoms with E-state index in [-0.39, 0.29) is 17.5 Å². The maximum Gasteiger partial charge on any atom is 0.265 e. The monoisotopic (exact) mass is 464 g/mol. The third-order valence-corrected chi connectivity index (χ3v) is 8.05. The summed E-state index contributed by atoms with van der Waals surface area (Å²) in [5.74, 6) is 0.120. The number of amides is 1. The van der Waals surface area contributed by atoms with Gasteiger partial charge in [0.1, 0.15) is 17.7 Å². The molecule has 0 saturated carbocycles. The maximum atomic E-state index is 13.4. The molecule has 9 heteroatoms. The Kier molecular flexibility index (Phi) is 8.65. The lowest BCUT2D eigenvalue weighted by Gasteiger charge is -2.28. The fraction of sp³-hybridized carbons (Fsp3) is 0.435. The highest BCUT2D eigenvalue weighted by atomic mass is 32.2. The van der Waals surface area contributed by atoms with Crippen molar-refractivity contribution >= 4 is 15.7 Å². The van der Waals surface area contributed by atoms with E-state index in [1.807, 2.05) is 6.92 Å². The van der Waals surface area contributed by atoms with Crippen LogP contribution in [-0.2, 0) is 21.1 Å². The molecule has 8 nitrogen and oxygen atoms in total. The van der Waals surface area contributed by atoms with Crippen molar-refractivity contribution in [1.82, 2.24) is 10.4 Å².